The molecule has 2 amide bonds. The van der Waals surface area contributed by atoms with E-state index >= 15 is 0 Å². The number of hydroxylamine groups is 2. The van der Waals surface area contributed by atoms with Crippen molar-refractivity contribution in [3.63, 3.8) is 0 Å². The summed E-state index contributed by atoms with van der Waals surface area (Å²) in [5.41, 5.74) is 7.56. The van der Waals surface area contributed by atoms with Crippen LogP contribution in [0.15, 0.2) is 11.1 Å². The van der Waals surface area contributed by atoms with Crippen LogP contribution < -0.4 is 10.9 Å². The van der Waals surface area contributed by atoms with E-state index in [2.05, 4.69) is 10.9 Å². The molecule has 1 aliphatic carbocycles. The number of nitrogens with one attached hydrogen (secondary N) is 2. The summed E-state index contributed by atoms with van der Waals surface area (Å²) in [5, 5.41) is 0.570. The molecule has 90 valence electrons. The smallest absolute Gasteiger partial charge is 0.330 e. The summed E-state index contributed by atoms with van der Waals surface area (Å²) in [6, 6.07) is 0. The van der Waals surface area contributed by atoms with Gasteiger partial charge in [0.05, 0.1) is 6.42 Å². The van der Waals surface area contributed by atoms with Crippen LogP contribution in [0.3, 0.4) is 0 Å². The normalized spacial score (nSPS) is 24.6. The minimum Gasteiger partial charge on any atom is -0.330 e. The van der Waals surface area contributed by atoms with Crippen LogP contribution in [0.25, 0.3) is 0 Å². The highest BCUT2D eigenvalue weighted by atomic mass is 16.7. The third kappa shape index (κ3) is 1.47. The quantitative estimate of drug-likeness (QED) is 0.375. The molecule has 0 saturated carbocycles. The second-order valence-electron chi connectivity index (χ2n) is 4.33. The average Bonchev–Trinajstić information content (AvgIpc) is 3.15. The van der Waals surface area contributed by atoms with Crippen molar-refractivity contribution in [1.29, 1.82) is 0 Å². The molecule has 0 aromatic heterocycles. The highest BCUT2D eigenvalue weighted by Gasteiger charge is 2.60. The maximum atomic E-state index is 11.5. The van der Waals surface area contributed by atoms with E-state index in [1.165, 1.54) is 0 Å². The average molecular weight is 237 g/mol. The first-order valence-electron chi connectivity index (χ1n) is 5.36. The molecular weight excluding hydrogens is 226 g/mol. The van der Waals surface area contributed by atoms with Gasteiger partial charge in [-0.25, -0.2) is 15.6 Å². The van der Waals surface area contributed by atoms with E-state index in [9.17, 15) is 14.4 Å². The first-order valence-corrected chi connectivity index (χ1v) is 5.36. The van der Waals surface area contributed by atoms with Crippen LogP contribution in [0, 0.1) is 0 Å². The van der Waals surface area contributed by atoms with Crippen molar-refractivity contribution in [1.82, 2.24) is 15.9 Å². The molecule has 0 bridgehead atoms. The third-order valence-electron chi connectivity index (χ3n) is 3.30. The predicted molar refractivity (Wildman–Crippen MR) is 53.5 cm³/mol. The SMILES string of the molecule is CC1=C(CC(=O)ON2C(=O)CCC2=O)C12NN2. The molecule has 1 spiro atoms. The molecule has 2 heterocycles. The number of carbonyl (C=O) groups is 3. The van der Waals surface area contributed by atoms with Crippen molar-refractivity contribution in [2.45, 2.75) is 31.8 Å². The zero-order valence-electron chi connectivity index (χ0n) is 9.20. The van der Waals surface area contributed by atoms with Gasteiger partial charge in [-0.2, -0.15) is 0 Å². The lowest BCUT2D eigenvalue weighted by Gasteiger charge is -2.11. The van der Waals surface area contributed by atoms with Crippen molar-refractivity contribution in [2.75, 3.05) is 0 Å². The van der Waals surface area contributed by atoms with Gasteiger partial charge in [-0.15, -0.1) is 5.06 Å². The van der Waals surface area contributed by atoms with E-state index in [0.29, 0.717) is 5.06 Å². The van der Waals surface area contributed by atoms with Gasteiger partial charge in [0.1, 0.15) is 5.66 Å². The minimum atomic E-state index is -0.588. The lowest BCUT2D eigenvalue weighted by Crippen LogP contribution is -2.32. The Kier molecular flexibility index (Phi) is 1.93. The van der Waals surface area contributed by atoms with Crippen LogP contribution in [0.5, 0.6) is 0 Å². The Morgan fingerprint density at radius 3 is 2.41 bits per heavy atom. The maximum absolute atomic E-state index is 11.5. The summed E-state index contributed by atoms with van der Waals surface area (Å²) >= 11 is 0. The zero-order chi connectivity index (χ0) is 12.2. The van der Waals surface area contributed by atoms with E-state index in [0.717, 1.165) is 11.1 Å². The van der Waals surface area contributed by atoms with Gasteiger partial charge in [0.2, 0.25) is 0 Å². The summed E-state index contributed by atoms with van der Waals surface area (Å²) in [5.74, 6) is -1.50. The Labute approximate surface area is 96.7 Å². The van der Waals surface area contributed by atoms with Gasteiger partial charge in [0, 0.05) is 12.8 Å². The zero-order valence-corrected chi connectivity index (χ0v) is 9.20. The molecule has 0 aromatic rings. The van der Waals surface area contributed by atoms with E-state index < -0.39 is 17.8 Å². The molecule has 0 unspecified atom stereocenters. The number of imide groups is 1. The van der Waals surface area contributed by atoms with Crippen molar-refractivity contribution in [3.05, 3.63) is 11.1 Å². The lowest BCUT2D eigenvalue weighted by atomic mass is 10.3. The van der Waals surface area contributed by atoms with Gasteiger partial charge in [0.15, 0.2) is 0 Å². The molecule has 2 aliphatic heterocycles. The molecule has 0 aromatic carbocycles. The highest BCUT2D eigenvalue weighted by Crippen LogP contribution is 2.48. The number of hydrazine groups is 1. The van der Waals surface area contributed by atoms with Crippen molar-refractivity contribution >= 4 is 17.8 Å². The second kappa shape index (κ2) is 3.14. The third-order valence-corrected chi connectivity index (χ3v) is 3.30. The predicted octanol–water partition coefficient (Wildman–Crippen LogP) is -0.882. The minimum absolute atomic E-state index is 0.0862. The molecule has 3 rings (SSSR count). The monoisotopic (exact) mass is 237 g/mol. The Balaban J connectivity index is 1.57. The van der Waals surface area contributed by atoms with E-state index in [-0.39, 0.29) is 24.9 Å². The van der Waals surface area contributed by atoms with Crippen LogP contribution in [0.4, 0.5) is 0 Å². The van der Waals surface area contributed by atoms with Crippen LogP contribution >= 0.6 is 0 Å². The number of carbonyl (C=O) groups excluding carboxylic acids is 3. The number of amides is 2. The Morgan fingerprint density at radius 1 is 1.35 bits per heavy atom. The van der Waals surface area contributed by atoms with E-state index in [1.54, 1.807) is 0 Å². The fourth-order valence-electron chi connectivity index (χ4n) is 2.07. The summed E-state index contributed by atoms with van der Waals surface area (Å²) < 4.78 is 0. The van der Waals surface area contributed by atoms with Gasteiger partial charge in [-0.1, -0.05) is 0 Å². The maximum Gasteiger partial charge on any atom is 0.337 e. The van der Waals surface area contributed by atoms with Crippen molar-refractivity contribution in [3.8, 4) is 0 Å². The van der Waals surface area contributed by atoms with E-state index in [1.807, 2.05) is 6.92 Å². The van der Waals surface area contributed by atoms with Crippen molar-refractivity contribution in [2.24, 2.45) is 0 Å². The van der Waals surface area contributed by atoms with Crippen molar-refractivity contribution < 1.29 is 19.2 Å². The Bertz CT molecular complexity index is 462. The van der Waals surface area contributed by atoms with Gasteiger partial charge in [-0.05, 0) is 18.1 Å². The molecule has 3 aliphatic rings. The van der Waals surface area contributed by atoms with Gasteiger partial charge in [0.25, 0.3) is 11.8 Å². The number of nitrogens with zero attached hydrogens (tertiary/aromatic N) is 1. The molecule has 7 nitrogen and oxygen atoms in total. The first kappa shape index (κ1) is 10.4. The molecule has 17 heavy (non-hydrogen) atoms. The van der Waals surface area contributed by atoms with Gasteiger partial charge >= 0.3 is 5.97 Å². The second-order valence-corrected chi connectivity index (χ2v) is 4.33. The number of rotatable bonds is 3. The Hall–Kier alpha value is -1.73. The largest absolute Gasteiger partial charge is 0.337 e. The summed E-state index contributed by atoms with van der Waals surface area (Å²) in [6.45, 7) is 1.90. The van der Waals surface area contributed by atoms with Crippen LogP contribution in [0.1, 0.15) is 26.2 Å². The standard InChI is InChI=1S/C10H11N3O4/c1-5-6(10(5)11-12-10)4-9(16)17-13-7(14)2-3-8(13)15/h11-12H,2-4H2,1H3. The summed E-state index contributed by atoms with van der Waals surface area (Å²) in [6.07, 6.45) is 0.310. The lowest BCUT2D eigenvalue weighted by molar-refractivity contribution is -0.196. The molecule has 2 fully saturated rings. The molecule has 2 N–H and O–H groups in total. The fourth-order valence-corrected chi connectivity index (χ4v) is 2.07. The van der Waals surface area contributed by atoms with Gasteiger partial charge in [-0.3, -0.25) is 9.59 Å². The van der Waals surface area contributed by atoms with Crippen LogP contribution in [0.2, 0.25) is 0 Å². The fraction of sp³-hybridized carbons (Fsp3) is 0.500. The van der Waals surface area contributed by atoms with E-state index in [4.69, 9.17) is 4.84 Å². The number of hydrogen-bond acceptors (Lipinski definition) is 6. The first-order chi connectivity index (χ1) is 8.04. The molecular formula is C10H11N3O4. The van der Waals surface area contributed by atoms with Crippen LogP contribution in [-0.2, 0) is 19.2 Å². The molecule has 0 radical (unpaired) electrons. The molecule has 0 atom stereocenters. The summed E-state index contributed by atoms with van der Waals surface area (Å²) in [7, 11) is 0. The van der Waals surface area contributed by atoms with Crippen LogP contribution in [-0.4, -0.2) is 28.5 Å². The molecule has 2 saturated heterocycles. The number of hydrogen-bond donors (Lipinski definition) is 2. The van der Waals surface area contributed by atoms with Gasteiger partial charge < -0.3 is 4.84 Å². The summed E-state index contributed by atoms with van der Waals surface area (Å²) in [4.78, 5) is 38.7. The highest BCUT2D eigenvalue weighted by molar-refractivity contribution is 6.01. The molecule has 7 heteroatoms. The topological polar surface area (TPSA) is 108 Å². The Morgan fingerprint density at radius 2 is 1.94 bits per heavy atom.